The van der Waals surface area contributed by atoms with Crippen LogP contribution in [0.25, 0.3) is 0 Å². The molecule has 1 aromatic carbocycles. The molecule has 0 radical (unpaired) electrons. The summed E-state index contributed by atoms with van der Waals surface area (Å²) < 4.78 is 25.7. The fourth-order valence-corrected chi connectivity index (χ4v) is 3.72. The second-order valence-electron chi connectivity index (χ2n) is 3.66. The third-order valence-corrected chi connectivity index (χ3v) is 5.45. The lowest BCUT2D eigenvalue weighted by molar-refractivity contribution is 0.394. The van der Waals surface area contributed by atoms with Crippen molar-refractivity contribution in [1.29, 1.82) is 0 Å². The SMILES string of the molecule is CC(CN)N(C)S(=O)(=O)c1c(Cl)cccc1Cl. The summed E-state index contributed by atoms with van der Waals surface area (Å²) in [5.41, 5.74) is 5.45. The molecule has 4 nitrogen and oxygen atoms in total. The molecular weight excluding hydrogens is 283 g/mol. The van der Waals surface area contributed by atoms with E-state index in [2.05, 4.69) is 0 Å². The molecule has 2 N–H and O–H groups in total. The summed E-state index contributed by atoms with van der Waals surface area (Å²) in [7, 11) is -2.27. The Morgan fingerprint density at radius 2 is 1.82 bits per heavy atom. The smallest absolute Gasteiger partial charge is 0.246 e. The Balaban J connectivity index is 3.32. The zero-order valence-corrected chi connectivity index (χ0v) is 11.9. The topological polar surface area (TPSA) is 63.4 Å². The average Bonchev–Trinajstić information content (AvgIpc) is 2.26. The summed E-state index contributed by atoms with van der Waals surface area (Å²) in [6, 6.07) is 4.24. The van der Waals surface area contributed by atoms with E-state index in [1.165, 1.54) is 23.5 Å². The number of sulfonamides is 1. The molecule has 0 bridgehead atoms. The van der Waals surface area contributed by atoms with E-state index in [-0.39, 0.29) is 27.5 Å². The highest BCUT2D eigenvalue weighted by Gasteiger charge is 2.28. The molecule has 1 unspecified atom stereocenters. The van der Waals surface area contributed by atoms with Crippen LogP contribution in [0.3, 0.4) is 0 Å². The Morgan fingerprint density at radius 3 is 2.24 bits per heavy atom. The average molecular weight is 297 g/mol. The van der Waals surface area contributed by atoms with Crippen LogP contribution in [0.15, 0.2) is 23.1 Å². The molecule has 0 aliphatic heterocycles. The van der Waals surface area contributed by atoms with Gasteiger partial charge in [-0.05, 0) is 19.1 Å². The van der Waals surface area contributed by atoms with E-state index >= 15 is 0 Å². The van der Waals surface area contributed by atoms with Crippen LogP contribution in [-0.2, 0) is 10.0 Å². The number of rotatable bonds is 4. The second kappa shape index (κ2) is 5.54. The van der Waals surface area contributed by atoms with Crippen LogP contribution < -0.4 is 5.73 Å². The van der Waals surface area contributed by atoms with Crippen molar-refractivity contribution in [3.8, 4) is 0 Å². The predicted molar refractivity (Wildman–Crippen MR) is 69.9 cm³/mol. The molecule has 0 fully saturated rings. The van der Waals surface area contributed by atoms with Gasteiger partial charge < -0.3 is 5.73 Å². The largest absolute Gasteiger partial charge is 0.329 e. The van der Waals surface area contributed by atoms with E-state index in [0.29, 0.717) is 0 Å². The van der Waals surface area contributed by atoms with E-state index < -0.39 is 10.0 Å². The van der Waals surface area contributed by atoms with Crippen molar-refractivity contribution in [3.05, 3.63) is 28.2 Å². The first-order valence-corrected chi connectivity index (χ1v) is 7.14. The predicted octanol–water partition coefficient (Wildman–Crippen LogP) is 1.96. The van der Waals surface area contributed by atoms with Crippen LogP contribution in [0.4, 0.5) is 0 Å². The summed E-state index contributed by atoms with van der Waals surface area (Å²) >= 11 is 11.8. The van der Waals surface area contributed by atoms with Gasteiger partial charge in [-0.2, -0.15) is 4.31 Å². The summed E-state index contributed by atoms with van der Waals surface area (Å²) in [4.78, 5) is -0.0777. The maximum Gasteiger partial charge on any atom is 0.246 e. The quantitative estimate of drug-likeness (QED) is 0.924. The van der Waals surface area contributed by atoms with Gasteiger partial charge in [-0.1, -0.05) is 29.3 Å². The third kappa shape index (κ3) is 2.92. The highest BCUT2D eigenvalue weighted by molar-refractivity contribution is 7.89. The molecule has 17 heavy (non-hydrogen) atoms. The number of likely N-dealkylation sites (N-methyl/N-ethyl adjacent to an activating group) is 1. The van der Waals surface area contributed by atoms with Crippen LogP contribution in [0.2, 0.25) is 10.0 Å². The highest BCUT2D eigenvalue weighted by atomic mass is 35.5. The van der Waals surface area contributed by atoms with E-state index in [0.717, 1.165) is 0 Å². The van der Waals surface area contributed by atoms with Gasteiger partial charge >= 0.3 is 0 Å². The van der Waals surface area contributed by atoms with Gasteiger partial charge in [0.2, 0.25) is 10.0 Å². The number of nitrogens with two attached hydrogens (primary N) is 1. The van der Waals surface area contributed by atoms with Crippen LogP contribution in [0.5, 0.6) is 0 Å². The molecule has 1 rings (SSSR count). The van der Waals surface area contributed by atoms with E-state index in [4.69, 9.17) is 28.9 Å². The Labute approximate surface area is 111 Å². The lowest BCUT2D eigenvalue weighted by atomic mass is 10.4. The molecule has 0 aromatic heterocycles. The van der Waals surface area contributed by atoms with Gasteiger partial charge in [0.05, 0.1) is 10.0 Å². The van der Waals surface area contributed by atoms with Crippen molar-refractivity contribution in [2.24, 2.45) is 5.73 Å². The minimum absolute atomic E-state index is 0.0777. The van der Waals surface area contributed by atoms with Crippen molar-refractivity contribution >= 4 is 33.2 Å². The Kier molecular flexibility index (Phi) is 4.80. The van der Waals surface area contributed by atoms with Crippen molar-refractivity contribution < 1.29 is 8.42 Å². The minimum Gasteiger partial charge on any atom is -0.329 e. The standard InChI is InChI=1S/C10H14Cl2N2O2S/c1-7(6-13)14(2)17(15,16)10-8(11)4-3-5-9(10)12/h3-5,7H,6,13H2,1-2H3. The molecule has 0 aliphatic rings. The van der Waals surface area contributed by atoms with Crippen molar-refractivity contribution in [2.45, 2.75) is 17.9 Å². The van der Waals surface area contributed by atoms with Crippen molar-refractivity contribution in [3.63, 3.8) is 0 Å². The minimum atomic E-state index is -3.72. The lowest BCUT2D eigenvalue weighted by Crippen LogP contribution is -2.39. The van der Waals surface area contributed by atoms with Gasteiger partial charge in [-0.25, -0.2) is 8.42 Å². The Morgan fingerprint density at radius 1 is 1.35 bits per heavy atom. The Bertz CT molecular complexity index is 485. The number of halogens is 2. The first kappa shape index (κ1) is 14.7. The molecule has 96 valence electrons. The van der Waals surface area contributed by atoms with Crippen LogP contribution >= 0.6 is 23.2 Å². The van der Waals surface area contributed by atoms with Crippen LogP contribution in [0.1, 0.15) is 6.92 Å². The van der Waals surface area contributed by atoms with Crippen molar-refractivity contribution in [1.82, 2.24) is 4.31 Å². The fourth-order valence-electron chi connectivity index (χ4n) is 1.26. The normalized spacial score (nSPS) is 14.0. The highest BCUT2D eigenvalue weighted by Crippen LogP contribution is 2.31. The first-order chi connectivity index (χ1) is 7.82. The van der Waals surface area contributed by atoms with Gasteiger partial charge in [-0.3, -0.25) is 0 Å². The molecular formula is C10H14Cl2N2O2S. The number of nitrogens with zero attached hydrogens (tertiary/aromatic N) is 1. The zero-order chi connectivity index (χ0) is 13.2. The fraction of sp³-hybridized carbons (Fsp3) is 0.400. The summed E-state index contributed by atoms with van der Waals surface area (Å²) in [6.07, 6.45) is 0. The summed E-state index contributed by atoms with van der Waals surface area (Å²) in [6.45, 7) is 1.93. The lowest BCUT2D eigenvalue weighted by Gasteiger charge is -2.23. The van der Waals surface area contributed by atoms with Crippen molar-refractivity contribution in [2.75, 3.05) is 13.6 Å². The molecule has 0 saturated carbocycles. The molecule has 0 amide bonds. The number of hydrogen-bond acceptors (Lipinski definition) is 3. The van der Waals surface area contributed by atoms with Gasteiger partial charge in [0.25, 0.3) is 0 Å². The van der Waals surface area contributed by atoms with Gasteiger partial charge in [-0.15, -0.1) is 0 Å². The molecule has 0 saturated heterocycles. The molecule has 7 heteroatoms. The monoisotopic (exact) mass is 296 g/mol. The molecule has 1 atom stereocenters. The first-order valence-electron chi connectivity index (χ1n) is 4.94. The Hall–Kier alpha value is -0.330. The number of benzene rings is 1. The van der Waals surface area contributed by atoms with E-state index in [1.807, 2.05) is 0 Å². The summed E-state index contributed by atoms with van der Waals surface area (Å²) in [5, 5.41) is 0.210. The van der Waals surface area contributed by atoms with Gasteiger partial charge in [0, 0.05) is 19.6 Å². The third-order valence-electron chi connectivity index (χ3n) is 2.52. The summed E-state index contributed by atoms with van der Waals surface area (Å²) in [5.74, 6) is 0. The van der Waals surface area contributed by atoms with Gasteiger partial charge in [0.1, 0.15) is 4.90 Å². The molecule has 0 heterocycles. The second-order valence-corrected chi connectivity index (χ2v) is 6.41. The van der Waals surface area contributed by atoms with Gasteiger partial charge in [0.15, 0.2) is 0 Å². The van der Waals surface area contributed by atoms with E-state index in [1.54, 1.807) is 13.0 Å². The maximum absolute atomic E-state index is 12.3. The zero-order valence-electron chi connectivity index (χ0n) is 9.52. The van der Waals surface area contributed by atoms with Crippen LogP contribution in [0, 0.1) is 0 Å². The molecule has 0 aliphatic carbocycles. The molecule has 1 aromatic rings. The van der Waals surface area contributed by atoms with E-state index in [9.17, 15) is 8.42 Å². The molecule has 0 spiro atoms. The van der Waals surface area contributed by atoms with Crippen LogP contribution in [-0.4, -0.2) is 32.4 Å². The maximum atomic E-state index is 12.3. The number of hydrogen-bond donors (Lipinski definition) is 1.